The molecule has 5 rings (SSSR count). The number of aliphatic hydroxyl groups excluding tert-OH is 2. The van der Waals surface area contributed by atoms with Gasteiger partial charge in [0, 0.05) is 6.04 Å². The number of nitrogens with one attached hydrogen (secondary N) is 2. The van der Waals surface area contributed by atoms with Crippen LogP contribution in [0, 0.1) is 5.92 Å². The molecule has 2 amide bonds. The van der Waals surface area contributed by atoms with Gasteiger partial charge in [0.25, 0.3) is 0 Å². The van der Waals surface area contributed by atoms with Gasteiger partial charge in [0.15, 0.2) is 20.7 Å². The van der Waals surface area contributed by atoms with Crippen molar-refractivity contribution < 1.29 is 52.7 Å². The number of carbonyl (C=O) groups is 3. The van der Waals surface area contributed by atoms with Crippen LogP contribution in [0.1, 0.15) is 38.3 Å². The van der Waals surface area contributed by atoms with Gasteiger partial charge in [-0.25, -0.2) is 9.59 Å². The molecule has 50 heavy (non-hydrogen) atoms. The smallest absolute Gasteiger partial charge is 0.407 e. The topological polar surface area (TPSA) is 197 Å². The van der Waals surface area contributed by atoms with E-state index in [1.54, 1.807) is 12.1 Å². The minimum atomic E-state index is -2.66. The fraction of sp³-hybridized carbons (Fsp3) is 0.571. The van der Waals surface area contributed by atoms with Crippen LogP contribution in [-0.2, 0) is 46.1 Å². The molecule has 0 aromatic heterocycles. The molecule has 3 aliphatic rings. The molecule has 2 aromatic rings. The average Bonchev–Trinajstić information content (AvgIpc) is 3.07. The van der Waals surface area contributed by atoms with Crippen LogP contribution in [0.5, 0.6) is 0 Å². The summed E-state index contributed by atoms with van der Waals surface area (Å²) in [6.45, 7) is 10.1. The highest BCUT2D eigenvalue weighted by Crippen LogP contribution is 2.43. The molecule has 1 saturated carbocycles. The lowest BCUT2D eigenvalue weighted by atomic mass is 9.83. The van der Waals surface area contributed by atoms with Crippen LogP contribution in [0.15, 0.2) is 60.7 Å². The molecule has 0 bridgehead atoms. The summed E-state index contributed by atoms with van der Waals surface area (Å²) in [5.74, 6) is -2.06. The number of carbonyl (C=O) groups excluding carboxylic acids is 3. The number of ether oxygens (including phenoxy) is 5. The molecule has 0 unspecified atom stereocenters. The third kappa shape index (κ3) is 8.83. The monoisotopic (exact) mass is 715 g/mol. The molecule has 2 aromatic carbocycles. The van der Waals surface area contributed by atoms with Crippen molar-refractivity contribution in [2.75, 3.05) is 6.54 Å². The maximum Gasteiger partial charge on any atom is 0.407 e. The average molecular weight is 716 g/mol. The highest BCUT2D eigenvalue weighted by molar-refractivity contribution is 6.74. The van der Waals surface area contributed by atoms with Gasteiger partial charge in [0.1, 0.15) is 43.5 Å². The summed E-state index contributed by atoms with van der Waals surface area (Å²) in [6, 6.07) is 16.3. The van der Waals surface area contributed by atoms with E-state index in [0.29, 0.717) is 0 Å². The summed E-state index contributed by atoms with van der Waals surface area (Å²) in [4.78, 5) is 39.7. The van der Waals surface area contributed by atoms with Crippen LogP contribution in [0.4, 0.5) is 9.59 Å². The van der Waals surface area contributed by atoms with E-state index in [4.69, 9.17) is 33.8 Å². The molecule has 10 atom stereocenters. The van der Waals surface area contributed by atoms with Gasteiger partial charge in [0.2, 0.25) is 0 Å². The second-order valence-corrected chi connectivity index (χ2v) is 19.3. The maximum absolute atomic E-state index is 14.2. The summed E-state index contributed by atoms with van der Waals surface area (Å²) < 4.78 is 36.6. The van der Waals surface area contributed by atoms with Crippen molar-refractivity contribution in [1.29, 1.82) is 0 Å². The first-order valence-electron chi connectivity index (χ1n) is 16.9. The van der Waals surface area contributed by atoms with Crippen LogP contribution >= 0.6 is 0 Å². The predicted octanol–water partition coefficient (Wildman–Crippen LogP) is 2.70. The minimum absolute atomic E-state index is 0.00822. The van der Waals surface area contributed by atoms with Crippen molar-refractivity contribution in [1.82, 2.24) is 10.6 Å². The van der Waals surface area contributed by atoms with Crippen LogP contribution in [-0.4, -0.2) is 98.2 Å². The molecule has 14 nitrogen and oxygen atoms in total. The first kappa shape index (κ1) is 37.7. The molecule has 1 aliphatic carbocycles. The number of amides is 2. The third-order valence-electron chi connectivity index (χ3n) is 9.93. The van der Waals surface area contributed by atoms with Gasteiger partial charge in [-0.05, 0) is 35.7 Å². The van der Waals surface area contributed by atoms with Crippen molar-refractivity contribution >= 4 is 26.5 Å². The van der Waals surface area contributed by atoms with Gasteiger partial charge in [-0.3, -0.25) is 4.79 Å². The molecular weight excluding hydrogens is 666 g/mol. The van der Waals surface area contributed by atoms with Crippen LogP contribution < -0.4 is 16.4 Å². The molecule has 15 heteroatoms. The molecule has 2 heterocycles. The molecule has 0 radical (unpaired) electrons. The van der Waals surface area contributed by atoms with Crippen molar-refractivity contribution in [3.8, 4) is 0 Å². The molecule has 0 spiro atoms. The van der Waals surface area contributed by atoms with Gasteiger partial charge in [0.05, 0.1) is 18.7 Å². The summed E-state index contributed by atoms with van der Waals surface area (Å²) in [7, 11) is -2.66. The fourth-order valence-corrected chi connectivity index (χ4v) is 7.36. The number of hydrogen-bond donors (Lipinski definition) is 5. The standard InChI is InChI=1S/C35H49N3O11Si/c1-35(2,3)50(4,5)49-30-25(31(41)44-18-20-12-8-6-9-13-20)32(46-24-17-37-33(42)48-29(24)30)47-28-23(16-22(36)26(39)27(28)40)38-34(43)45-19-21-14-10-7-11-15-21/h6-15,22-30,32,39-40H,16-19,36H2,1-5H3,(H,37,42)(H,38,43)/t22-,23+,24-,25+,26+,27-,28-,29-,30-,32-/m1/s1. The Bertz CT molecular complexity index is 1460. The number of benzene rings is 2. The number of rotatable bonds is 10. The van der Waals surface area contributed by atoms with Crippen molar-refractivity contribution in [2.24, 2.45) is 11.7 Å². The Balaban J connectivity index is 1.45. The number of aliphatic hydroxyl groups is 2. The zero-order valence-corrected chi connectivity index (χ0v) is 30.0. The zero-order valence-electron chi connectivity index (χ0n) is 29.0. The van der Waals surface area contributed by atoms with E-state index in [-0.39, 0.29) is 31.2 Å². The van der Waals surface area contributed by atoms with E-state index >= 15 is 0 Å². The lowest BCUT2D eigenvalue weighted by Gasteiger charge is -2.51. The first-order valence-corrected chi connectivity index (χ1v) is 19.8. The summed E-state index contributed by atoms with van der Waals surface area (Å²) >= 11 is 0. The normalized spacial score (nSPS) is 31.4. The number of hydrogen-bond acceptors (Lipinski definition) is 12. The molecular formula is C35H49N3O11Si. The summed E-state index contributed by atoms with van der Waals surface area (Å²) in [6.07, 6.45) is -10.1. The summed E-state index contributed by atoms with van der Waals surface area (Å²) in [5, 5.41) is 27.2. The van der Waals surface area contributed by atoms with Gasteiger partial charge >= 0.3 is 18.2 Å². The number of nitrogens with two attached hydrogens (primary N) is 1. The van der Waals surface area contributed by atoms with E-state index in [0.717, 1.165) is 11.1 Å². The lowest BCUT2D eigenvalue weighted by Crippen LogP contribution is -2.69. The number of alkyl carbamates (subject to hydrolysis) is 2. The Labute approximate surface area is 293 Å². The molecule has 2 aliphatic heterocycles. The number of fused-ring (bicyclic) bond motifs is 1. The fourth-order valence-electron chi connectivity index (χ4n) is 6.05. The predicted molar refractivity (Wildman–Crippen MR) is 182 cm³/mol. The highest BCUT2D eigenvalue weighted by atomic mass is 28.4. The maximum atomic E-state index is 14.2. The van der Waals surface area contributed by atoms with Crippen molar-refractivity contribution in [2.45, 2.75) is 114 Å². The minimum Gasteiger partial charge on any atom is -0.460 e. The Kier molecular flexibility index (Phi) is 11.9. The first-order chi connectivity index (χ1) is 23.6. The largest absolute Gasteiger partial charge is 0.460 e. The van der Waals surface area contributed by atoms with E-state index in [1.807, 2.05) is 82.4 Å². The Morgan fingerprint density at radius 3 is 2.16 bits per heavy atom. The second kappa shape index (κ2) is 15.8. The zero-order chi connectivity index (χ0) is 36.2. The van der Waals surface area contributed by atoms with E-state index in [2.05, 4.69) is 10.6 Å². The molecule has 6 N–H and O–H groups in total. The Morgan fingerprint density at radius 2 is 1.56 bits per heavy atom. The van der Waals surface area contributed by atoms with E-state index in [9.17, 15) is 24.6 Å². The van der Waals surface area contributed by atoms with Gasteiger partial charge < -0.3 is 54.7 Å². The van der Waals surface area contributed by atoms with Crippen LogP contribution in [0.2, 0.25) is 18.1 Å². The van der Waals surface area contributed by atoms with E-state index in [1.165, 1.54) is 0 Å². The lowest BCUT2D eigenvalue weighted by molar-refractivity contribution is -0.305. The molecule has 2 saturated heterocycles. The number of esters is 1. The molecule has 274 valence electrons. The quantitative estimate of drug-likeness (QED) is 0.137. The van der Waals surface area contributed by atoms with Gasteiger partial charge in [-0.15, -0.1) is 0 Å². The van der Waals surface area contributed by atoms with Gasteiger partial charge in [-0.1, -0.05) is 81.4 Å². The second-order valence-electron chi connectivity index (χ2n) is 14.5. The van der Waals surface area contributed by atoms with Gasteiger partial charge in [-0.2, -0.15) is 0 Å². The Morgan fingerprint density at radius 1 is 0.960 bits per heavy atom. The SMILES string of the molecule is CC(C)(C)[Si](C)(C)O[C@H]1[C@@H]2OC(=O)NC[C@H]2O[C@H](O[C@H]2[C@H](O)[C@@H](O)[C@H](N)C[C@@H]2NC(=O)OCc2ccccc2)[C@@H]1C(=O)OCc1ccccc1. The molecule has 3 fully saturated rings. The highest BCUT2D eigenvalue weighted by Gasteiger charge is 2.58. The Hall–Kier alpha value is -3.57. The van der Waals surface area contributed by atoms with Crippen molar-refractivity contribution in [3.05, 3.63) is 71.8 Å². The van der Waals surface area contributed by atoms with Crippen LogP contribution in [0.3, 0.4) is 0 Å². The van der Waals surface area contributed by atoms with Crippen molar-refractivity contribution in [3.63, 3.8) is 0 Å². The summed E-state index contributed by atoms with van der Waals surface area (Å²) in [5.41, 5.74) is 7.67. The van der Waals surface area contributed by atoms with E-state index < -0.39 is 87.4 Å². The van der Waals surface area contributed by atoms with Crippen LogP contribution in [0.25, 0.3) is 0 Å². The third-order valence-corrected chi connectivity index (χ3v) is 14.4.